The van der Waals surface area contributed by atoms with Crippen molar-refractivity contribution in [3.63, 3.8) is 0 Å². The van der Waals surface area contributed by atoms with E-state index in [1.54, 1.807) is 5.57 Å². The normalized spacial score (nSPS) is 48.1. The Hall–Kier alpha value is -0.790. The van der Waals surface area contributed by atoms with Crippen LogP contribution in [0.2, 0.25) is 0 Å². The van der Waals surface area contributed by atoms with Crippen LogP contribution >= 0.6 is 0 Å². The lowest BCUT2D eigenvalue weighted by Crippen LogP contribution is -2.62. The maximum absolute atomic E-state index is 12.6. The lowest BCUT2D eigenvalue weighted by atomic mass is 9.52. The highest BCUT2D eigenvalue weighted by Gasteiger charge is 2.57. The van der Waals surface area contributed by atoms with E-state index in [1.807, 2.05) is 0 Å². The van der Waals surface area contributed by atoms with Gasteiger partial charge in [0.05, 0.1) is 0 Å². The molecule has 0 bridgehead atoms. The molecule has 0 aromatic carbocycles. The van der Waals surface area contributed by atoms with Gasteiger partial charge in [0, 0.05) is 18.5 Å². The lowest BCUT2D eigenvalue weighted by Gasteiger charge is -2.59. The van der Waals surface area contributed by atoms with Crippen molar-refractivity contribution in [3.05, 3.63) is 11.6 Å². The maximum Gasteiger partial charge on any atom is 0.223 e. The Kier molecular flexibility index (Phi) is 3.26. The number of piperidine rings is 1. The van der Waals surface area contributed by atoms with Crippen LogP contribution in [0.3, 0.4) is 0 Å². The molecule has 1 saturated carbocycles. The van der Waals surface area contributed by atoms with E-state index >= 15 is 0 Å². The quantitative estimate of drug-likeness (QED) is 0.601. The first-order valence-corrected chi connectivity index (χ1v) is 9.44. The fourth-order valence-corrected chi connectivity index (χ4v) is 6.60. The van der Waals surface area contributed by atoms with E-state index in [0.717, 1.165) is 37.1 Å². The summed E-state index contributed by atoms with van der Waals surface area (Å²) in [7, 11) is 0. The summed E-state index contributed by atoms with van der Waals surface area (Å²) in [5.74, 6) is 2.84. The fraction of sp³-hybridized carbons (Fsp3) is 0.850. The number of carbonyl (C=O) groups excluding carboxylic acids is 1. The summed E-state index contributed by atoms with van der Waals surface area (Å²) in [6.07, 6.45) is 12.1. The number of carbonyl (C=O) groups is 1. The zero-order valence-electron chi connectivity index (χ0n) is 14.5. The smallest absolute Gasteiger partial charge is 0.223 e. The van der Waals surface area contributed by atoms with Crippen LogP contribution in [0, 0.1) is 23.2 Å². The van der Waals surface area contributed by atoms with Crippen molar-refractivity contribution in [3.8, 4) is 0 Å². The van der Waals surface area contributed by atoms with Crippen molar-refractivity contribution in [2.75, 3.05) is 6.54 Å². The van der Waals surface area contributed by atoms with Gasteiger partial charge in [-0.25, -0.2) is 0 Å². The largest absolute Gasteiger partial charge is 0.337 e. The van der Waals surface area contributed by atoms with Crippen molar-refractivity contribution in [1.82, 2.24) is 4.90 Å². The molecule has 0 aromatic rings. The van der Waals surface area contributed by atoms with E-state index in [4.69, 9.17) is 0 Å². The Labute approximate surface area is 135 Å². The van der Waals surface area contributed by atoms with Gasteiger partial charge in [0.25, 0.3) is 0 Å². The van der Waals surface area contributed by atoms with Crippen LogP contribution in [-0.4, -0.2) is 22.9 Å². The molecule has 2 saturated heterocycles. The second-order valence-electron chi connectivity index (χ2n) is 8.85. The van der Waals surface area contributed by atoms with Crippen LogP contribution in [0.15, 0.2) is 11.6 Å². The highest BCUT2D eigenvalue weighted by atomic mass is 16.2. The Bertz CT molecular complexity index is 524. The average Bonchev–Trinajstić information content (AvgIpc) is 2.70. The first-order chi connectivity index (χ1) is 10.5. The molecule has 5 atom stereocenters. The second-order valence-corrected chi connectivity index (χ2v) is 8.85. The summed E-state index contributed by atoms with van der Waals surface area (Å²) in [6, 6.07) is 0. The van der Waals surface area contributed by atoms with Crippen LogP contribution in [0.25, 0.3) is 0 Å². The van der Waals surface area contributed by atoms with Crippen LogP contribution < -0.4 is 0 Å². The molecule has 0 aromatic heterocycles. The van der Waals surface area contributed by atoms with Gasteiger partial charge in [-0.15, -0.1) is 0 Å². The Morgan fingerprint density at radius 3 is 2.77 bits per heavy atom. The van der Waals surface area contributed by atoms with Crippen molar-refractivity contribution in [1.29, 1.82) is 0 Å². The van der Waals surface area contributed by atoms with Gasteiger partial charge in [0.2, 0.25) is 5.91 Å². The van der Waals surface area contributed by atoms with Crippen LogP contribution in [0.1, 0.15) is 72.1 Å². The van der Waals surface area contributed by atoms with E-state index in [-0.39, 0.29) is 5.54 Å². The molecule has 22 heavy (non-hydrogen) atoms. The topological polar surface area (TPSA) is 20.3 Å². The molecule has 0 N–H and O–H groups in total. The molecule has 2 aliphatic heterocycles. The van der Waals surface area contributed by atoms with Crippen molar-refractivity contribution >= 4 is 5.91 Å². The molecule has 0 radical (unpaired) electrons. The van der Waals surface area contributed by atoms with Gasteiger partial charge < -0.3 is 4.90 Å². The first-order valence-electron chi connectivity index (χ1n) is 9.44. The molecule has 2 nitrogen and oxygen atoms in total. The van der Waals surface area contributed by atoms with E-state index < -0.39 is 0 Å². The number of amides is 1. The minimum Gasteiger partial charge on any atom is -0.337 e. The minimum atomic E-state index is 0.147. The number of rotatable bonds is 0. The van der Waals surface area contributed by atoms with Gasteiger partial charge in [-0.1, -0.05) is 25.0 Å². The molecular formula is C20H31NO. The molecule has 122 valence electrons. The summed E-state index contributed by atoms with van der Waals surface area (Å²) in [4.78, 5) is 14.9. The molecular weight excluding hydrogens is 270 g/mol. The van der Waals surface area contributed by atoms with Gasteiger partial charge in [-0.2, -0.15) is 0 Å². The molecule has 3 fully saturated rings. The third kappa shape index (κ3) is 1.82. The number of fused-ring (bicyclic) bond motifs is 5. The molecule has 1 amide bonds. The minimum absolute atomic E-state index is 0.147. The van der Waals surface area contributed by atoms with Crippen LogP contribution in [0.5, 0.6) is 0 Å². The summed E-state index contributed by atoms with van der Waals surface area (Å²) >= 11 is 0. The van der Waals surface area contributed by atoms with E-state index in [2.05, 4.69) is 31.7 Å². The Morgan fingerprint density at radius 2 is 1.95 bits per heavy atom. The fourth-order valence-electron chi connectivity index (χ4n) is 6.60. The molecule has 2 heterocycles. The van der Waals surface area contributed by atoms with E-state index in [0.29, 0.717) is 11.3 Å². The summed E-state index contributed by atoms with van der Waals surface area (Å²) in [6.45, 7) is 8.30. The monoisotopic (exact) mass is 301 g/mol. The maximum atomic E-state index is 12.6. The molecule has 0 spiro atoms. The number of hydrogen-bond donors (Lipinski definition) is 0. The third-order valence-corrected chi connectivity index (χ3v) is 8.13. The zero-order valence-corrected chi connectivity index (χ0v) is 14.5. The summed E-state index contributed by atoms with van der Waals surface area (Å²) < 4.78 is 0. The van der Waals surface area contributed by atoms with E-state index in [1.165, 1.54) is 38.5 Å². The summed E-state index contributed by atoms with van der Waals surface area (Å²) in [5.41, 5.74) is 2.24. The van der Waals surface area contributed by atoms with Crippen LogP contribution in [0.4, 0.5) is 0 Å². The van der Waals surface area contributed by atoms with E-state index in [9.17, 15) is 4.79 Å². The Balaban J connectivity index is 1.67. The SMILES string of the molecule is CC1=CC[C@H]2[C@@H]3CCN4C(=O)CCCC[C@]4(C)C3CC[C@]12C. The highest BCUT2D eigenvalue weighted by Crippen LogP contribution is 2.61. The lowest BCUT2D eigenvalue weighted by molar-refractivity contribution is -0.150. The van der Waals surface area contributed by atoms with Crippen molar-refractivity contribution < 1.29 is 4.79 Å². The number of allylic oxidation sites excluding steroid dienone is 2. The van der Waals surface area contributed by atoms with Gasteiger partial charge in [0.1, 0.15) is 0 Å². The highest BCUT2D eigenvalue weighted by molar-refractivity contribution is 5.77. The number of hydrogen-bond acceptors (Lipinski definition) is 1. The molecule has 4 rings (SSSR count). The molecule has 1 unspecified atom stereocenters. The Morgan fingerprint density at radius 1 is 1.14 bits per heavy atom. The second kappa shape index (κ2) is 4.85. The molecule has 2 aliphatic carbocycles. The first kappa shape index (κ1) is 14.8. The van der Waals surface area contributed by atoms with Gasteiger partial charge in [-0.05, 0) is 75.5 Å². The van der Waals surface area contributed by atoms with Crippen molar-refractivity contribution in [2.45, 2.75) is 77.7 Å². The zero-order chi connectivity index (χ0) is 15.5. The predicted molar refractivity (Wildman–Crippen MR) is 89.4 cm³/mol. The molecule has 2 heteroatoms. The van der Waals surface area contributed by atoms with Crippen molar-refractivity contribution in [2.24, 2.45) is 23.2 Å². The average molecular weight is 301 g/mol. The predicted octanol–water partition coefficient (Wildman–Crippen LogP) is 4.55. The standard InChI is InChI=1S/C20H31NO/c1-14-7-8-16-15-10-13-21-18(22)6-4-5-11-20(21,3)17(15)9-12-19(14,16)2/h7,15-17H,4-6,8-13H2,1-3H3/t15-,16-,17?,19+,20+/m0/s1. The number of nitrogens with zero attached hydrogens (tertiary/aromatic N) is 1. The van der Waals surface area contributed by atoms with Gasteiger partial charge >= 0.3 is 0 Å². The molecule has 4 aliphatic rings. The van der Waals surface area contributed by atoms with Crippen LogP contribution in [-0.2, 0) is 4.79 Å². The third-order valence-electron chi connectivity index (χ3n) is 8.13. The van der Waals surface area contributed by atoms with Gasteiger partial charge in [0.15, 0.2) is 0 Å². The summed E-state index contributed by atoms with van der Waals surface area (Å²) in [5, 5.41) is 0. The van der Waals surface area contributed by atoms with Gasteiger partial charge in [-0.3, -0.25) is 4.79 Å².